The normalized spacial score (nSPS) is 18.1. The Morgan fingerprint density at radius 2 is 2.05 bits per heavy atom. The van der Waals surface area contributed by atoms with Crippen LogP contribution < -0.4 is 5.32 Å². The van der Waals surface area contributed by atoms with Crippen molar-refractivity contribution in [3.63, 3.8) is 0 Å². The number of imidazole rings is 1. The average molecular weight is 267 g/mol. The summed E-state index contributed by atoms with van der Waals surface area (Å²) >= 11 is 0. The van der Waals surface area contributed by atoms with E-state index in [4.69, 9.17) is 4.98 Å². The van der Waals surface area contributed by atoms with Crippen molar-refractivity contribution in [1.29, 1.82) is 0 Å². The van der Waals surface area contributed by atoms with E-state index < -0.39 is 0 Å². The fourth-order valence-corrected chi connectivity index (χ4v) is 3.10. The molecule has 1 N–H and O–H groups in total. The lowest BCUT2D eigenvalue weighted by Crippen LogP contribution is -2.24. The summed E-state index contributed by atoms with van der Waals surface area (Å²) in [6.07, 6.45) is 3.68. The first-order chi connectivity index (χ1) is 9.74. The van der Waals surface area contributed by atoms with E-state index in [-0.39, 0.29) is 0 Å². The number of fused-ring (bicyclic) bond motifs is 1. The third-order valence-corrected chi connectivity index (χ3v) is 4.60. The van der Waals surface area contributed by atoms with Crippen molar-refractivity contribution in [2.24, 2.45) is 0 Å². The van der Waals surface area contributed by atoms with Crippen LogP contribution in [0, 0.1) is 13.8 Å². The van der Waals surface area contributed by atoms with Gasteiger partial charge in [-0.05, 0) is 49.9 Å². The van der Waals surface area contributed by atoms with E-state index in [1.54, 1.807) is 0 Å². The third-order valence-electron chi connectivity index (χ3n) is 4.60. The van der Waals surface area contributed by atoms with Crippen LogP contribution >= 0.6 is 0 Å². The van der Waals surface area contributed by atoms with Crippen molar-refractivity contribution in [2.75, 3.05) is 6.54 Å². The summed E-state index contributed by atoms with van der Waals surface area (Å²) in [6, 6.07) is 6.79. The highest BCUT2D eigenvalue weighted by atomic mass is 15.1. The highest BCUT2D eigenvalue weighted by Gasteiger charge is 2.32. The van der Waals surface area contributed by atoms with Crippen LogP contribution in [-0.4, -0.2) is 16.1 Å². The molecule has 1 aliphatic carbocycles. The van der Waals surface area contributed by atoms with Crippen LogP contribution in [0.3, 0.4) is 0 Å². The van der Waals surface area contributed by atoms with Crippen molar-refractivity contribution in [3.8, 4) is 5.69 Å². The minimum absolute atomic E-state index is 0.683. The number of hydrogen-bond acceptors (Lipinski definition) is 2. The smallest absolute Gasteiger partial charge is 0.116 e. The molecular weight excluding hydrogens is 246 g/mol. The molecule has 0 atom stereocenters. The Balaban J connectivity index is 1.90. The van der Waals surface area contributed by atoms with E-state index in [9.17, 15) is 0 Å². The topological polar surface area (TPSA) is 29.9 Å². The Morgan fingerprint density at radius 3 is 2.80 bits per heavy atom. The minimum Gasteiger partial charge on any atom is -0.311 e. The summed E-state index contributed by atoms with van der Waals surface area (Å²) < 4.78 is 2.44. The molecule has 2 heterocycles. The predicted octanol–water partition coefficient (Wildman–Crippen LogP) is 3.01. The summed E-state index contributed by atoms with van der Waals surface area (Å²) in [5.74, 6) is 1.98. The van der Waals surface area contributed by atoms with Crippen LogP contribution in [0.25, 0.3) is 5.69 Å². The molecule has 1 aromatic carbocycles. The van der Waals surface area contributed by atoms with Crippen molar-refractivity contribution >= 4 is 0 Å². The van der Waals surface area contributed by atoms with Gasteiger partial charge in [-0.15, -0.1) is 0 Å². The monoisotopic (exact) mass is 267 g/mol. The van der Waals surface area contributed by atoms with Crippen molar-refractivity contribution in [2.45, 2.75) is 45.6 Å². The fraction of sp³-hybridized carbons (Fsp3) is 0.471. The van der Waals surface area contributed by atoms with Gasteiger partial charge in [0.1, 0.15) is 5.82 Å². The molecule has 1 aliphatic heterocycles. The summed E-state index contributed by atoms with van der Waals surface area (Å²) in [5.41, 5.74) is 6.70. The van der Waals surface area contributed by atoms with Crippen molar-refractivity contribution in [3.05, 3.63) is 46.5 Å². The highest BCUT2D eigenvalue weighted by Crippen LogP contribution is 2.41. The van der Waals surface area contributed by atoms with Gasteiger partial charge in [0, 0.05) is 36.8 Å². The van der Waals surface area contributed by atoms with E-state index in [0.29, 0.717) is 5.92 Å². The first kappa shape index (κ1) is 12.2. The van der Waals surface area contributed by atoms with Gasteiger partial charge in [-0.25, -0.2) is 4.98 Å². The average Bonchev–Trinajstić information content (AvgIpc) is 3.23. The summed E-state index contributed by atoms with van der Waals surface area (Å²) in [7, 11) is 0. The molecule has 1 saturated carbocycles. The van der Waals surface area contributed by atoms with Gasteiger partial charge in [-0.1, -0.05) is 6.07 Å². The molecule has 0 bridgehead atoms. The number of nitrogens with zero attached hydrogens (tertiary/aromatic N) is 2. The van der Waals surface area contributed by atoms with Crippen LogP contribution in [0.1, 0.15) is 47.1 Å². The lowest BCUT2D eigenvalue weighted by molar-refractivity contribution is 0.620. The van der Waals surface area contributed by atoms with E-state index >= 15 is 0 Å². The summed E-state index contributed by atoms with van der Waals surface area (Å²) in [6.45, 7) is 6.36. The molecule has 0 spiro atoms. The van der Waals surface area contributed by atoms with Gasteiger partial charge in [0.15, 0.2) is 0 Å². The number of aryl methyl sites for hydroxylation is 2. The number of hydrogen-bond donors (Lipinski definition) is 1. The Morgan fingerprint density at radius 1 is 1.20 bits per heavy atom. The van der Waals surface area contributed by atoms with Crippen LogP contribution in [0.4, 0.5) is 0 Å². The van der Waals surface area contributed by atoms with Gasteiger partial charge in [0.2, 0.25) is 0 Å². The zero-order valence-corrected chi connectivity index (χ0v) is 12.2. The maximum absolute atomic E-state index is 4.94. The second-order valence-electron chi connectivity index (χ2n) is 6.17. The van der Waals surface area contributed by atoms with Crippen molar-refractivity contribution in [1.82, 2.24) is 14.9 Å². The van der Waals surface area contributed by atoms with Gasteiger partial charge in [0.05, 0.1) is 5.69 Å². The molecule has 1 aromatic heterocycles. The first-order valence-electron chi connectivity index (χ1n) is 7.63. The molecule has 2 aliphatic rings. The molecule has 104 valence electrons. The maximum Gasteiger partial charge on any atom is 0.116 e. The number of aromatic nitrogens is 2. The second kappa shape index (κ2) is 4.45. The van der Waals surface area contributed by atoms with Gasteiger partial charge in [-0.2, -0.15) is 0 Å². The fourth-order valence-electron chi connectivity index (χ4n) is 3.10. The maximum atomic E-state index is 4.94. The predicted molar refractivity (Wildman–Crippen MR) is 80.4 cm³/mol. The first-order valence-corrected chi connectivity index (χ1v) is 7.63. The second-order valence-corrected chi connectivity index (χ2v) is 6.17. The van der Waals surface area contributed by atoms with E-state index in [0.717, 1.165) is 19.5 Å². The van der Waals surface area contributed by atoms with Crippen LogP contribution in [0.15, 0.2) is 18.2 Å². The van der Waals surface area contributed by atoms with Crippen LogP contribution in [0.2, 0.25) is 0 Å². The number of nitrogens with one attached hydrogen (secondary N) is 1. The molecular formula is C17H21N3. The Hall–Kier alpha value is -1.61. The molecule has 0 amide bonds. The summed E-state index contributed by atoms with van der Waals surface area (Å²) in [4.78, 5) is 4.94. The number of rotatable bonds is 2. The SMILES string of the molecule is Cc1ccc(-n2c(C3CC3)nc3c2CCNC3)cc1C. The summed E-state index contributed by atoms with van der Waals surface area (Å²) in [5, 5.41) is 3.44. The zero-order chi connectivity index (χ0) is 13.7. The zero-order valence-electron chi connectivity index (χ0n) is 12.2. The van der Waals surface area contributed by atoms with E-state index in [1.807, 2.05) is 0 Å². The molecule has 3 nitrogen and oxygen atoms in total. The van der Waals surface area contributed by atoms with Gasteiger partial charge < -0.3 is 9.88 Å². The van der Waals surface area contributed by atoms with E-state index in [1.165, 1.54) is 46.9 Å². The molecule has 0 radical (unpaired) electrons. The van der Waals surface area contributed by atoms with Crippen LogP contribution in [-0.2, 0) is 13.0 Å². The van der Waals surface area contributed by atoms with Gasteiger partial charge in [-0.3, -0.25) is 0 Å². The highest BCUT2D eigenvalue weighted by molar-refractivity contribution is 5.44. The number of benzene rings is 1. The minimum atomic E-state index is 0.683. The van der Waals surface area contributed by atoms with Gasteiger partial charge in [0.25, 0.3) is 0 Å². The molecule has 0 unspecified atom stereocenters. The van der Waals surface area contributed by atoms with Crippen molar-refractivity contribution < 1.29 is 0 Å². The molecule has 1 fully saturated rings. The van der Waals surface area contributed by atoms with Gasteiger partial charge >= 0.3 is 0 Å². The molecule has 4 rings (SSSR count). The molecule has 3 heteroatoms. The van der Waals surface area contributed by atoms with E-state index in [2.05, 4.69) is 41.9 Å². The Bertz CT molecular complexity index is 665. The lowest BCUT2D eigenvalue weighted by atomic mass is 10.1. The quantitative estimate of drug-likeness (QED) is 0.906. The molecule has 0 saturated heterocycles. The third kappa shape index (κ3) is 1.88. The Kier molecular flexibility index (Phi) is 2.71. The molecule has 2 aromatic rings. The standard InChI is InChI=1S/C17H21N3/c1-11-3-6-14(9-12(11)2)20-16-7-8-18-10-15(16)19-17(20)13-4-5-13/h3,6,9,13,18H,4-5,7-8,10H2,1-2H3. The Labute approximate surface area is 120 Å². The lowest BCUT2D eigenvalue weighted by Gasteiger charge is -2.17. The molecule has 20 heavy (non-hydrogen) atoms. The largest absolute Gasteiger partial charge is 0.311 e. The van der Waals surface area contributed by atoms with Crippen LogP contribution in [0.5, 0.6) is 0 Å².